The van der Waals surface area contributed by atoms with Crippen molar-refractivity contribution in [2.45, 2.75) is 12.1 Å². The van der Waals surface area contributed by atoms with Crippen molar-refractivity contribution >= 4 is 16.7 Å². The fourth-order valence-electron chi connectivity index (χ4n) is 2.48. The lowest BCUT2D eigenvalue weighted by Crippen LogP contribution is -2.40. The first-order chi connectivity index (χ1) is 9.69. The van der Waals surface area contributed by atoms with Crippen LogP contribution in [0.5, 0.6) is 5.75 Å². The van der Waals surface area contributed by atoms with Gasteiger partial charge in [0, 0.05) is 18.5 Å². The van der Waals surface area contributed by atoms with E-state index in [1.807, 2.05) is 42.3 Å². The summed E-state index contributed by atoms with van der Waals surface area (Å²) in [6.45, 7) is 0.909. The first-order valence-corrected chi connectivity index (χ1v) is 6.62. The molecule has 5 nitrogen and oxygen atoms in total. The Kier molecular flexibility index (Phi) is 3.46. The number of aliphatic hydroxyl groups is 1. The van der Waals surface area contributed by atoms with Gasteiger partial charge in [0.05, 0.1) is 38.0 Å². The Morgan fingerprint density at radius 2 is 2.10 bits per heavy atom. The molecule has 5 heteroatoms. The molecular formula is C15H18N2O3. The van der Waals surface area contributed by atoms with Gasteiger partial charge in [0.2, 0.25) is 0 Å². The predicted octanol–water partition coefficient (Wildman–Crippen LogP) is 1.44. The van der Waals surface area contributed by atoms with E-state index in [1.54, 1.807) is 7.11 Å². The maximum Gasteiger partial charge on any atom is 0.129 e. The molecule has 0 bridgehead atoms. The van der Waals surface area contributed by atoms with Gasteiger partial charge >= 0.3 is 0 Å². The van der Waals surface area contributed by atoms with Crippen molar-refractivity contribution in [3.63, 3.8) is 0 Å². The second-order valence-electron chi connectivity index (χ2n) is 5.01. The Labute approximate surface area is 117 Å². The van der Waals surface area contributed by atoms with Gasteiger partial charge in [0.15, 0.2) is 0 Å². The summed E-state index contributed by atoms with van der Waals surface area (Å²) >= 11 is 0. The maximum atomic E-state index is 9.90. The minimum Gasteiger partial charge on any atom is -0.497 e. The van der Waals surface area contributed by atoms with Crippen LogP contribution in [-0.2, 0) is 4.74 Å². The standard InChI is InChI=1S/C15H18N2O3/c1-17(13-8-20-9-14(13)18)15-6-4-10-3-5-11(19-2)7-12(10)16-15/h3-7,13-14,18H,8-9H2,1-2H3/t13-,14-/m1/s1. The molecular weight excluding hydrogens is 256 g/mol. The molecule has 0 aliphatic carbocycles. The van der Waals surface area contributed by atoms with Crippen molar-refractivity contribution in [1.29, 1.82) is 0 Å². The number of pyridine rings is 1. The van der Waals surface area contributed by atoms with Crippen LogP contribution in [0.15, 0.2) is 30.3 Å². The van der Waals surface area contributed by atoms with Crippen LogP contribution in [0, 0.1) is 0 Å². The lowest BCUT2D eigenvalue weighted by molar-refractivity contribution is 0.124. The number of benzene rings is 1. The van der Waals surface area contributed by atoms with Crippen LogP contribution in [0.3, 0.4) is 0 Å². The maximum absolute atomic E-state index is 9.90. The third-order valence-electron chi connectivity index (χ3n) is 3.76. The largest absolute Gasteiger partial charge is 0.497 e. The van der Waals surface area contributed by atoms with Crippen molar-refractivity contribution in [3.05, 3.63) is 30.3 Å². The first kappa shape index (κ1) is 13.1. The van der Waals surface area contributed by atoms with E-state index in [-0.39, 0.29) is 6.04 Å². The van der Waals surface area contributed by atoms with Crippen molar-refractivity contribution in [2.24, 2.45) is 0 Å². The van der Waals surface area contributed by atoms with E-state index in [0.29, 0.717) is 13.2 Å². The molecule has 2 heterocycles. The average Bonchev–Trinajstić information content (AvgIpc) is 2.91. The van der Waals surface area contributed by atoms with E-state index < -0.39 is 6.10 Å². The Hall–Kier alpha value is -1.85. The SMILES string of the molecule is COc1ccc2ccc(N(C)[C@@H]3COC[C@H]3O)nc2c1. The lowest BCUT2D eigenvalue weighted by atomic mass is 10.1. The van der Waals surface area contributed by atoms with Gasteiger partial charge in [-0.1, -0.05) is 0 Å². The zero-order chi connectivity index (χ0) is 14.1. The molecule has 106 valence electrons. The van der Waals surface area contributed by atoms with Crippen LogP contribution in [0.25, 0.3) is 10.9 Å². The van der Waals surface area contributed by atoms with E-state index in [2.05, 4.69) is 4.98 Å². The molecule has 20 heavy (non-hydrogen) atoms. The molecule has 1 saturated heterocycles. The molecule has 0 spiro atoms. The Morgan fingerprint density at radius 3 is 2.80 bits per heavy atom. The summed E-state index contributed by atoms with van der Waals surface area (Å²) < 4.78 is 10.5. The molecule has 0 unspecified atom stereocenters. The number of aromatic nitrogens is 1. The highest BCUT2D eigenvalue weighted by Gasteiger charge is 2.30. The number of anilines is 1. The van der Waals surface area contributed by atoms with Crippen molar-refractivity contribution < 1.29 is 14.6 Å². The third kappa shape index (κ3) is 2.30. The minimum absolute atomic E-state index is 0.0504. The highest BCUT2D eigenvalue weighted by atomic mass is 16.5. The molecule has 1 aliphatic heterocycles. The van der Waals surface area contributed by atoms with Gasteiger partial charge in [0.25, 0.3) is 0 Å². The molecule has 1 aliphatic rings. The highest BCUT2D eigenvalue weighted by Crippen LogP contribution is 2.24. The smallest absolute Gasteiger partial charge is 0.129 e. The monoisotopic (exact) mass is 274 g/mol. The molecule has 1 aromatic carbocycles. The summed E-state index contributed by atoms with van der Waals surface area (Å²) in [7, 11) is 3.57. The average molecular weight is 274 g/mol. The summed E-state index contributed by atoms with van der Waals surface area (Å²) in [6.07, 6.45) is -0.470. The van der Waals surface area contributed by atoms with Gasteiger partial charge in [-0.25, -0.2) is 4.98 Å². The number of likely N-dealkylation sites (N-methyl/N-ethyl adjacent to an activating group) is 1. The lowest BCUT2D eigenvalue weighted by Gasteiger charge is -2.26. The van der Waals surface area contributed by atoms with E-state index in [9.17, 15) is 5.11 Å². The topological polar surface area (TPSA) is 54.8 Å². The summed E-state index contributed by atoms with van der Waals surface area (Å²) in [5.41, 5.74) is 0.877. The second-order valence-corrected chi connectivity index (χ2v) is 5.01. The zero-order valence-electron chi connectivity index (χ0n) is 11.6. The van der Waals surface area contributed by atoms with Gasteiger partial charge < -0.3 is 19.5 Å². The Bertz CT molecular complexity index is 617. The van der Waals surface area contributed by atoms with Crippen LogP contribution in [-0.4, -0.2) is 49.6 Å². The summed E-state index contributed by atoms with van der Waals surface area (Å²) in [5.74, 6) is 1.61. The number of ether oxygens (including phenoxy) is 2. The van der Waals surface area contributed by atoms with Crippen LogP contribution in [0.2, 0.25) is 0 Å². The predicted molar refractivity (Wildman–Crippen MR) is 77.3 cm³/mol. The van der Waals surface area contributed by atoms with Gasteiger partial charge in [-0.15, -0.1) is 0 Å². The molecule has 0 saturated carbocycles. The van der Waals surface area contributed by atoms with E-state index in [1.165, 1.54) is 0 Å². The third-order valence-corrected chi connectivity index (χ3v) is 3.76. The molecule has 1 N–H and O–H groups in total. The molecule has 1 aromatic heterocycles. The van der Waals surface area contributed by atoms with E-state index in [4.69, 9.17) is 9.47 Å². The zero-order valence-corrected chi connectivity index (χ0v) is 11.6. The number of hydrogen-bond acceptors (Lipinski definition) is 5. The number of aliphatic hydroxyl groups excluding tert-OH is 1. The Balaban J connectivity index is 1.95. The van der Waals surface area contributed by atoms with Gasteiger partial charge in [-0.05, 0) is 24.3 Å². The van der Waals surface area contributed by atoms with Crippen LogP contribution < -0.4 is 9.64 Å². The number of rotatable bonds is 3. The molecule has 2 atom stereocenters. The fraction of sp³-hybridized carbons (Fsp3) is 0.400. The molecule has 1 fully saturated rings. The number of methoxy groups -OCH3 is 1. The van der Waals surface area contributed by atoms with E-state index in [0.717, 1.165) is 22.5 Å². The molecule has 0 radical (unpaired) electrons. The van der Waals surface area contributed by atoms with Crippen molar-refractivity contribution in [2.75, 3.05) is 32.3 Å². The fourth-order valence-corrected chi connectivity index (χ4v) is 2.48. The van der Waals surface area contributed by atoms with Gasteiger partial charge in [-0.2, -0.15) is 0 Å². The number of hydrogen-bond donors (Lipinski definition) is 1. The van der Waals surface area contributed by atoms with Crippen LogP contribution in [0.4, 0.5) is 5.82 Å². The number of fused-ring (bicyclic) bond motifs is 1. The van der Waals surface area contributed by atoms with Gasteiger partial charge in [0.1, 0.15) is 11.6 Å². The van der Waals surface area contributed by atoms with Crippen molar-refractivity contribution in [3.8, 4) is 5.75 Å². The minimum atomic E-state index is -0.470. The van der Waals surface area contributed by atoms with E-state index >= 15 is 0 Å². The molecule has 3 rings (SSSR count). The normalized spacial score (nSPS) is 22.1. The second kappa shape index (κ2) is 5.26. The summed E-state index contributed by atoms with van der Waals surface area (Å²) in [4.78, 5) is 6.61. The highest BCUT2D eigenvalue weighted by molar-refractivity contribution is 5.81. The quantitative estimate of drug-likeness (QED) is 0.918. The first-order valence-electron chi connectivity index (χ1n) is 6.62. The summed E-state index contributed by atoms with van der Waals surface area (Å²) in [5, 5.41) is 11.0. The summed E-state index contributed by atoms with van der Waals surface area (Å²) in [6, 6.07) is 9.75. The molecule has 0 amide bonds. The van der Waals surface area contributed by atoms with Crippen LogP contribution in [0.1, 0.15) is 0 Å². The van der Waals surface area contributed by atoms with Gasteiger partial charge in [-0.3, -0.25) is 0 Å². The Morgan fingerprint density at radius 1 is 1.30 bits per heavy atom. The van der Waals surface area contributed by atoms with Crippen LogP contribution >= 0.6 is 0 Å². The number of nitrogens with zero attached hydrogens (tertiary/aromatic N) is 2. The van der Waals surface area contributed by atoms with Crippen molar-refractivity contribution in [1.82, 2.24) is 4.98 Å². The molecule has 2 aromatic rings.